The Kier molecular flexibility index (Phi) is 2.66. The largest absolute Gasteiger partial charge is 0.474 e. The van der Waals surface area contributed by atoms with Gasteiger partial charge in [-0.3, -0.25) is 0 Å². The Morgan fingerprint density at radius 2 is 1.96 bits per heavy atom. The van der Waals surface area contributed by atoms with Gasteiger partial charge in [-0.05, 0) is 42.7 Å². The second-order valence-corrected chi connectivity index (χ2v) is 10.9. The summed E-state index contributed by atoms with van der Waals surface area (Å²) in [6.45, 7) is 16.2. The molecule has 0 bridgehead atoms. The van der Waals surface area contributed by atoms with E-state index in [2.05, 4.69) is 41.2 Å². The van der Waals surface area contributed by atoms with E-state index in [4.69, 9.17) is 9.47 Å². The van der Waals surface area contributed by atoms with Crippen LogP contribution in [0.4, 0.5) is 0 Å². The van der Waals surface area contributed by atoms with Crippen LogP contribution in [-0.4, -0.2) is 28.9 Å². The van der Waals surface area contributed by atoms with Crippen molar-refractivity contribution in [1.82, 2.24) is 0 Å². The number of carbonyl (C=O) groups excluding carboxylic acids is 1. The Morgan fingerprint density at radius 3 is 2.64 bits per heavy atom. The number of epoxide rings is 1. The average Bonchev–Trinajstić information content (AvgIpc) is 3.50. The maximum Gasteiger partial charge on any atom is 0.334 e. The van der Waals surface area contributed by atoms with Crippen molar-refractivity contribution in [2.45, 2.75) is 71.5 Å². The van der Waals surface area contributed by atoms with E-state index in [0.717, 1.165) is 29.7 Å². The van der Waals surface area contributed by atoms with Gasteiger partial charge in [0.2, 0.25) is 0 Å². The molecule has 6 rings (SSSR count). The number of rotatable bonds is 1. The first-order valence-electron chi connectivity index (χ1n) is 10.8. The van der Waals surface area contributed by atoms with Crippen molar-refractivity contribution >= 4 is 5.97 Å². The first-order valence-corrected chi connectivity index (χ1v) is 10.8. The molecule has 0 aromatic heterocycles. The highest BCUT2D eigenvalue weighted by Gasteiger charge is 2.87. The fraction of sp³-hybridized carbons (Fsp3) is 0.708. The predicted octanol–water partition coefficient (Wildman–Crippen LogP) is 4.06. The lowest BCUT2D eigenvalue weighted by atomic mass is 9.37. The summed E-state index contributed by atoms with van der Waals surface area (Å²) in [6, 6.07) is 0. The topological polar surface area (TPSA) is 59.1 Å². The summed E-state index contributed by atoms with van der Waals surface area (Å²) < 4.78 is 11.7. The van der Waals surface area contributed by atoms with Gasteiger partial charge in [0.25, 0.3) is 0 Å². The maximum absolute atomic E-state index is 12.2. The molecule has 2 aliphatic heterocycles. The van der Waals surface area contributed by atoms with Crippen LogP contribution in [0.25, 0.3) is 0 Å². The van der Waals surface area contributed by atoms with Crippen molar-refractivity contribution in [3.8, 4) is 0 Å². The van der Waals surface area contributed by atoms with Crippen LogP contribution in [0.5, 0.6) is 0 Å². The first-order chi connectivity index (χ1) is 13.0. The lowest BCUT2D eigenvalue weighted by Gasteiger charge is -2.66. The molecule has 0 aromatic rings. The number of fused-ring (bicyclic) bond motifs is 3. The number of ether oxygens (including phenoxy) is 2. The van der Waals surface area contributed by atoms with Crippen LogP contribution in [0.3, 0.4) is 0 Å². The van der Waals surface area contributed by atoms with E-state index in [9.17, 15) is 9.90 Å². The summed E-state index contributed by atoms with van der Waals surface area (Å²) in [6.07, 6.45) is 3.13. The Hall–Kier alpha value is -1.55. The molecule has 1 saturated heterocycles. The van der Waals surface area contributed by atoms with E-state index in [1.807, 2.05) is 0 Å². The molecule has 1 N–H and O–H groups in total. The zero-order valence-electron chi connectivity index (χ0n) is 17.6. The molecule has 4 aliphatic carbocycles. The van der Waals surface area contributed by atoms with Crippen molar-refractivity contribution < 1.29 is 19.4 Å². The maximum atomic E-state index is 12.2. The first kappa shape index (κ1) is 17.3. The second-order valence-electron chi connectivity index (χ2n) is 10.9. The molecule has 3 fully saturated rings. The molecule has 28 heavy (non-hydrogen) atoms. The summed E-state index contributed by atoms with van der Waals surface area (Å²) in [7, 11) is 0. The minimum absolute atomic E-state index is 0.116. The van der Waals surface area contributed by atoms with E-state index < -0.39 is 5.60 Å². The molecular weight excluding hydrogens is 352 g/mol. The minimum Gasteiger partial charge on any atom is -0.474 e. The molecule has 4 nitrogen and oxygen atoms in total. The lowest BCUT2D eigenvalue weighted by Crippen LogP contribution is -2.67. The zero-order chi connectivity index (χ0) is 20.1. The number of allylic oxidation sites excluding steroid dienone is 1. The van der Waals surface area contributed by atoms with Gasteiger partial charge in [0.05, 0.1) is 5.60 Å². The Morgan fingerprint density at radius 1 is 1.25 bits per heavy atom. The highest BCUT2D eigenvalue weighted by atomic mass is 16.6. The highest BCUT2D eigenvalue weighted by Crippen LogP contribution is 2.89. The third kappa shape index (κ3) is 1.31. The van der Waals surface area contributed by atoms with Crippen LogP contribution in [0.1, 0.15) is 60.3 Å². The van der Waals surface area contributed by atoms with E-state index in [-0.39, 0.29) is 40.3 Å². The second kappa shape index (κ2) is 4.30. The molecular formula is C24H30O4. The SMILES string of the molecule is C=C1[C@@]2(C(C)C)OC2=C2CC23[C@@]1(C)[C@@H](C)C[C@@]1(O)C2=C(CC[C@]31C)C(=O)OC2. The number of hydrogen-bond donors (Lipinski definition) is 1. The Balaban J connectivity index is 1.61. The average molecular weight is 383 g/mol. The molecule has 4 heteroatoms. The van der Waals surface area contributed by atoms with Gasteiger partial charge in [0, 0.05) is 33.3 Å². The molecule has 6 aliphatic rings. The third-order valence-electron chi connectivity index (χ3n) is 10.2. The van der Waals surface area contributed by atoms with Crippen molar-refractivity contribution in [3.63, 3.8) is 0 Å². The van der Waals surface area contributed by atoms with Crippen molar-refractivity contribution in [3.05, 3.63) is 34.6 Å². The summed E-state index contributed by atoms with van der Waals surface area (Å²) >= 11 is 0. The van der Waals surface area contributed by atoms with E-state index in [0.29, 0.717) is 18.8 Å². The zero-order valence-corrected chi connectivity index (χ0v) is 17.6. The summed E-state index contributed by atoms with van der Waals surface area (Å²) in [4.78, 5) is 12.2. The van der Waals surface area contributed by atoms with Crippen LogP contribution in [0, 0.1) is 28.1 Å². The Labute approximate surface area is 166 Å². The van der Waals surface area contributed by atoms with Gasteiger partial charge in [-0.1, -0.05) is 41.2 Å². The molecule has 6 atom stereocenters. The summed E-state index contributed by atoms with van der Waals surface area (Å²) in [5, 5.41) is 12.2. The molecule has 1 unspecified atom stereocenters. The molecule has 1 spiro atoms. The van der Waals surface area contributed by atoms with Crippen LogP contribution in [-0.2, 0) is 14.3 Å². The Bertz CT molecular complexity index is 956. The van der Waals surface area contributed by atoms with Gasteiger partial charge >= 0.3 is 5.97 Å². The number of aliphatic hydroxyl groups is 1. The molecule has 0 aromatic carbocycles. The number of cyclic esters (lactones) is 1. The minimum atomic E-state index is -0.999. The van der Waals surface area contributed by atoms with Crippen molar-refractivity contribution in [2.75, 3.05) is 6.61 Å². The van der Waals surface area contributed by atoms with E-state index >= 15 is 0 Å². The number of carbonyl (C=O) groups is 1. The molecule has 150 valence electrons. The van der Waals surface area contributed by atoms with Crippen LogP contribution in [0.15, 0.2) is 34.6 Å². The number of hydrogen-bond acceptors (Lipinski definition) is 4. The van der Waals surface area contributed by atoms with Crippen LogP contribution >= 0.6 is 0 Å². The normalized spacial score (nSPS) is 53.0. The van der Waals surface area contributed by atoms with Gasteiger partial charge < -0.3 is 14.6 Å². The van der Waals surface area contributed by atoms with E-state index in [1.54, 1.807) is 0 Å². The van der Waals surface area contributed by atoms with Gasteiger partial charge in [0.15, 0.2) is 5.60 Å². The highest BCUT2D eigenvalue weighted by molar-refractivity contribution is 5.93. The summed E-state index contributed by atoms with van der Waals surface area (Å²) in [5.41, 5.74) is 2.33. The van der Waals surface area contributed by atoms with Crippen molar-refractivity contribution in [2.24, 2.45) is 28.1 Å². The van der Waals surface area contributed by atoms with Gasteiger partial charge in [-0.25, -0.2) is 4.79 Å². The molecule has 2 heterocycles. The van der Waals surface area contributed by atoms with Crippen LogP contribution < -0.4 is 0 Å². The van der Waals surface area contributed by atoms with Gasteiger partial charge in [0.1, 0.15) is 12.4 Å². The van der Waals surface area contributed by atoms with Gasteiger partial charge in [-0.2, -0.15) is 0 Å². The standard InChI is InChI=1S/C24H30O4/c1-12(2)24-14(4)21(6)13(3)9-23(26)17-11-27-19(25)15(17)7-8-20(23,5)22(21)10-16(22)18(24)28-24/h12-13,26H,4,7-11H2,1-3,5-6H3/t13-,20+,21-,22?,23+,24+/m0/s1. The van der Waals surface area contributed by atoms with Crippen LogP contribution in [0.2, 0.25) is 0 Å². The van der Waals surface area contributed by atoms with Crippen molar-refractivity contribution in [1.29, 1.82) is 0 Å². The molecule has 0 radical (unpaired) electrons. The van der Waals surface area contributed by atoms with E-state index in [1.165, 1.54) is 11.1 Å². The van der Waals surface area contributed by atoms with Gasteiger partial charge in [-0.15, -0.1) is 0 Å². The molecule has 0 amide bonds. The predicted molar refractivity (Wildman–Crippen MR) is 104 cm³/mol. The smallest absolute Gasteiger partial charge is 0.334 e. The molecule has 2 saturated carbocycles. The quantitative estimate of drug-likeness (QED) is 0.422. The monoisotopic (exact) mass is 382 g/mol. The number of esters is 1. The lowest BCUT2D eigenvalue weighted by molar-refractivity contribution is -0.190. The fourth-order valence-corrected chi connectivity index (χ4v) is 8.34. The fourth-order valence-electron chi connectivity index (χ4n) is 8.34. The summed E-state index contributed by atoms with van der Waals surface area (Å²) in [5.74, 6) is 1.51. The third-order valence-corrected chi connectivity index (χ3v) is 10.2.